The van der Waals surface area contributed by atoms with Crippen LogP contribution in [0.4, 0.5) is 4.39 Å². The molecule has 0 saturated carbocycles. The summed E-state index contributed by atoms with van der Waals surface area (Å²) in [5.41, 5.74) is 1.94. The van der Waals surface area contributed by atoms with Crippen molar-refractivity contribution in [3.63, 3.8) is 0 Å². The number of H-pyrrole nitrogens is 1. The second kappa shape index (κ2) is 7.16. The van der Waals surface area contributed by atoms with Gasteiger partial charge in [-0.25, -0.2) is 4.39 Å². The van der Waals surface area contributed by atoms with Crippen molar-refractivity contribution in [2.75, 3.05) is 6.54 Å². The molecule has 0 amide bonds. The van der Waals surface area contributed by atoms with E-state index in [4.69, 9.17) is 11.6 Å². The summed E-state index contributed by atoms with van der Waals surface area (Å²) in [4.78, 5) is 17.4. The predicted octanol–water partition coefficient (Wildman–Crippen LogP) is 4.34. The van der Waals surface area contributed by atoms with Crippen LogP contribution in [0.15, 0.2) is 53.3 Å². The van der Waals surface area contributed by atoms with E-state index in [9.17, 15) is 9.18 Å². The lowest BCUT2D eigenvalue weighted by Gasteiger charge is -2.20. The molecule has 1 heterocycles. The van der Waals surface area contributed by atoms with Gasteiger partial charge in [-0.15, -0.1) is 0 Å². The fourth-order valence-electron chi connectivity index (χ4n) is 2.74. The van der Waals surface area contributed by atoms with Gasteiger partial charge in [0.2, 0.25) is 0 Å². The van der Waals surface area contributed by atoms with Crippen LogP contribution in [0, 0.1) is 5.82 Å². The average Bonchev–Trinajstić information content (AvgIpc) is 2.57. The van der Waals surface area contributed by atoms with E-state index < -0.39 is 5.82 Å². The topological polar surface area (TPSA) is 36.1 Å². The number of para-hydroxylation sites is 1. The minimum atomic E-state index is -0.410. The Morgan fingerprint density at radius 2 is 1.88 bits per heavy atom. The van der Waals surface area contributed by atoms with Crippen molar-refractivity contribution >= 4 is 22.5 Å². The highest BCUT2D eigenvalue weighted by Crippen LogP contribution is 2.15. The smallest absolute Gasteiger partial charge is 0.189 e. The van der Waals surface area contributed by atoms with Gasteiger partial charge in [-0.3, -0.25) is 9.69 Å². The van der Waals surface area contributed by atoms with Crippen LogP contribution in [0.1, 0.15) is 18.2 Å². The highest BCUT2D eigenvalue weighted by atomic mass is 35.5. The van der Waals surface area contributed by atoms with Crippen LogP contribution in [0.2, 0.25) is 5.02 Å². The van der Waals surface area contributed by atoms with Crippen LogP contribution in [0.25, 0.3) is 10.9 Å². The zero-order valence-electron chi connectivity index (χ0n) is 13.4. The molecular weight excluding hydrogens is 327 g/mol. The Bertz CT molecular complexity index is 905. The molecule has 3 nitrogen and oxygen atoms in total. The maximum atomic E-state index is 14.0. The number of rotatable bonds is 5. The Morgan fingerprint density at radius 3 is 2.58 bits per heavy atom. The number of fused-ring (bicyclic) bond motifs is 1. The van der Waals surface area contributed by atoms with E-state index in [-0.39, 0.29) is 10.9 Å². The number of hydrogen-bond donors (Lipinski definition) is 1. The van der Waals surface area contributed by atoms with Crippen LogP contribution in [0.3, 0.4) is 0 Å². The molecule has 2 aromatic carbocycles. The number of halogens is 2. The van der Waals surface area contributed by atoms with Crippen LogP contribution < -0.4 is 5.43 Å². The third-order valence-corrected chi connectivity index (χ3v) is 4.28. The molecule has 1 aromatic heterocycles. The molecule has 0 aliphatic heterocycles. The van der Waals surface area contributed by atoms with Crippen molar-refractivity contribution < 1.29 is 4.39 Å². The Hall–Kier alpha value is -2.17. The number of pyridine rings is 1. The molecule has 0 saturated heterocycles. The summed E-state index contributed by atoms with van der Waals surface area (Å²) in [6.45, 7) is 4.12. The first-order valence-corrected chi connectivity index (χ1v) is 8.22. The lowest BCUT2D eigenvalue weighted by molar-refractivity contribution is 0.268. The van der Waals surface area contributed by atoms with Gasteiger partial charge in [-0.1, -0.05) is 36.7 Å². The molecule has 0 unspecified atom stereocenters. The highest BCUT2D eigenvalue weighted by Gasteiger charge is 2.10. The molecule has 3 aromatic rings. The maximum absolute atomic E-state index is 14.0. The molecule has 1 N–H and O–H groups in total. The van der Waals surface area contributed by atoms with Crippen LogP contribution in [-0.4, -0.2) is 16.4 Å². The van der Waals surface area contributed by atoms with Crippen LogP contribution >= 0.6 is 11.6 Å². The van der Waals surface area contributed by atoms with Crippen molar-refractivity contribution in [1.29, 1.82) is 0 Å². The molecule has 3 rings (SSSR count). The standard InChI is InChI=1S/C19H18ClFN2O/c1-2-23(11-13-6-8-14(20)9-7-13)12-15-10-18(24)16-4-3-5-17(21)19(16)22-15/h3-10H,2,11-12H2,1H3,(H,22,24). The van der Waals surface area contributed by atoms with Crippen molar-refractivity contribution in [3.05, 3.63) is 80.9 Å². The van der Waals surface area contributed by atoms with Gasteiger partial charge in [-0.2, -0.15) is 0 Å². The summed E-state index contributed by atoms with van der Waals surface area (Å²) in [6.07, 6.45) is 0. The third-order valence-electron chi connectivity index (χ3n) is 4.03. The summed E-state index contributed by atoms with van der Waals surface area (Å²) >= 11 is 5.91. The van der Waals surface area contributed by atoms with E-state index in [0.29, 0.717) is 22.6 Å². The molecule has 0 aliphatic carbocycles. The maximum Gasteiger partial charge on any atom is 0.189 e. The fourth-order valence-corrected chi connectivity index (χ4v) is 2.87. The van der Waals surface area contributed by atoms with E-state index in [0.717, 1.165) is 18.7 Å². The van der Waals surface area contributed by atoms with Gasteiger partial charge in [0.05, 0.1) is 5.52 Å². The van der Waals surface area contributed by atoms with Gasteiger partial charge >= 0.3 is 0 Å². The predicted molar refractivity (Wildman–Crippen MR) is 95.8 cm³/mol. The van der Waals surface area contributed by atoms with E-state index in [2.05, 4.69) is 16.8 Å². The summed E-state index contributed by atoms with van der Waals surface area (Å²) in [6, 6.07) is 13.8. The minimum absolute atomic E-state index is 0.166. The van der Waals surface area contributed by atoms with Gasteiger partial charge in [0, 0.05) is 35.3 Å². The van der Waals surface area contributed by atoms with Crippen LogP contribution in [-0.2, 0) is 13.1 Å². The van der Waals surface area contributed by atoms with E-state index in [1.54, 1.807) is 18.2 Å². The molecule has 0 atom stereocenters. The summed E-state index contributed by atoms with van der Waals surface area (Å²) in [5, 5.41) is 1.08. The average molecular weight is 345 g/mol. The first-order valence-electron chi connectivity index (χ1n) is 7.84. The van der Waals surface area contributed by atoms with Crippen LogP contribution in [0.5, 0.6) is 0 Å². The molecule has 124 valence electrons. The van der Waals surface area contributed by atoms with Gasteiger partial charge in [0.15, 0.2) is 5.43 Å². The number of aromatic nitrogens is 1. The first kappa shape index (κ1) is 16.7. The van der Waals surface area contributed by atoms with Crippen molar-refractivity contribution in [1.82, 2.24) is 9.88 Å². The Balaban J connectivity index is 1.85. The molecule has 24 heavy (non-hydrogen) atoms. The number of nitrogens with zero attached hydrogens (tertiary/aromatic N) is 1. The van der Waals surface area contributed by atoms with E-state index in [1.807, 2.05) is 24.3 Å². The normalized spacial score (nSPS) is 11.3. The monoisotopic (exact) mass is 344 g/mol. The summed E-state index contributed by atoms with van der Waals surface area (Å²) < 4.78 is 14.0. The third kappa shape index (κ3) is 3.66. The molecular formula is C19H18ClFN2O. The number of benzene rings is 2. The van der Waals surface area contributed by atoms with E-state index in [1.165, 1.54) is 6.07 Å². The number of nitrogens with one attached hydrogen (secondary N) is 1. The van der Waals surface area contributed by atoms with E-state index >= 15 is 0 Å². The SMILES string of the molecule is CCN(Cc1ccc(Cl)cc1)Cc1cc(=O)c2cccc(F)c2[nH]1. The largest absolute Gasteiger partial charge is 0.355 e. The lowest BCUT2D eigenvalue weighted by atomic mass is 10.1. The van der Waals surface area contributed by atoms with Gasteiger partial charge in [0.1, 0.15) is 5.82 Å². The van der Waals surface area contributed by atoms with Crippen molar-refractivity contribution in [2.24, 2.45) is 0 Å². The lowest BCUT2D eigenvalue weighted by Crippen LogP contribution is -2.23. The minimum Gasteiger partial charge on any atom is -0.355 e. The zero-order valence-corrected chi connectivity index (χ0v) is 14.1. The second-order valence-corrected chi connectivity index (χ2v) is 6.19. The molecule has 0 radical (unpaired) electrons. The summed E-state index contributed by atoms with van der Waals surface area (Å²) in [7, 11) is 0. The highest BCUT2D eigenvalue weighted by molar-refractivity contribution is 6.30. The second-order valence-electron chi connectivity index (χ2n) is 5.75. The van der Waals surface area contributed by atoms with Crippen molar-refractivity contribution in [3.8, 4) is 0 Å². The Kier molecular flexibility index (Phi) is 4.97. The van der Waals surface area contributed by atoms with Crippen molar-refractivity contribution in [2.45, 2.75) is 20.0 Å². The Labute approximate surface area is 144 Å². The molecule has 0 aliphatic rings. The number of aromatic amines is 1. The Morgan fingerprint density at radius 1 is 1.12 bits per heavy atom. The summed E-state index contributed by atoms with van der Waals surface area (Å²) in [5.74, 6) is -0.410. The fraction of sp³-hybridized carbons (Fsp3) is 0.211. The molecule has 0 spiro atoms. The van der Waals surface area contributed by atoms with Gasteiger partial charge in [-0.05, 0) is 36.4 Å². The quantitative estimate of drug-likeness (QED) is 0.747. The number of hydrogen-bond acceptors (Lipinski definition) is 2. The first-order chi connectivity index (χ1) is 11.6. The van der Waals surface area contributed by atoms with Gasteiger partial charge < -0.3 is 4.98 Å². The van der Waals surface area contributed by atoms with Gasteiger partial charge in [0.25, 0.3) is 0 Å². The molecule has 0 fully saturated rings. The molecule has 0 bridgehead atoms. The molecule has 5 heteroatoms. The zero-order chi connectivity index (χ0) is 17.1.